The number of aromatic nitrogens is 1. The van der Waals surface area contributed by atoms with Gasteiger partial charge in [-0.2, -0.15) is 0 Å². The van der Waals surface area contributed by atoms with Crippen LogP contribution in [0.1, 0.15) is 23.1 Å². The summed E-state index contributed by atoms with van der Waals surface area (Å²) in [6.07, 6.45) is 4.84. The molecule has 1 aliphatic rings. The van der Waals surface area contributed by atoms with Crippen molar-refractivity contribution in [3.8, 4) is 0 Å². The van der Waals surface area contributed by atoms with E-state index < -0.39 is 0 Å². The minimum atomic E-state index is -0.229. The monoisotopic (exact) mass is 432 g/mol. The van der Waals surface area contributed by atoms with E-state index in [0.717, 1.165) is 31.6 Å². The molecule has 1 saturated heterocycles. The van der Waals surface area contributed by atoms with Crippen LogP contribution in [-0.4, -0.2) is 41.0 Å². The van der Waals surface area contributed by atoms with Gasteiger partial charge < -0.3 is 10.6 Å². The fourth-order valence-corrected chi connectivity index (χ4v) is 4.22. The Morgan fingerprint density at radius 1 is 1.03 bits per heavy atom. The number of nitrogens with zero attached hydrogens (tertiary/aromatic N) is 2. The average Bonchev–Trinajstić information content (AvgIpc) is 3.23. The molecule has 1 aromatic heterocycles. The van der Waals surface area contributed by atoms with E-state index in [2.05, 4.69) is 32.7 Å². The Morgan fingerprint density at radius 2 is 1.81 bits per heavy atom. The van der Waals surface area contributed by atoms with Crippen LogP contribution in [0, 0.1) is 5.82 Å². The third kappa shape index (κ3) is 5.99. The van der Waals surface area contributed by atoms with Gasteiger partial charge in [0.1, 0.15) is 5.82 Å². The summed E-state index contributed by atoms with van der Waals surface area (Å²) in [5.74, 6) is -0.226. The van der Waals surface area contributed by atoms with Crippen LogP contribution >= 0.6 is 0 Å². The van der Waals surface area contributed by atoms with Crippen molar-refractivity contribution in [2.24, 2.45) is 0 Å². The van der Waals surface area contributed by atoms with Gasteiger partial charge in [0.2, 0.25) is 5.91 Å². The van der Waals surface area contributed by atoms with E-state index in [4.69, 9.17) is 0 Å². The van der Waals surface area contributed by atoms with Gasteiger partial charge in [0.25, 0.3) is 0 Å². The molecule has 0 radical (unpaired) electrons. The van der Waals surface area contributed by atoms with Crippen molar-refractivity contribution in [1.29, 1.82) is 0 Å². The van der Waals surface area contributed by atoms with Gasteiger partial charge in [0, 0.05) is 44.6 Å². The quantitative estimate of drug-likeness (QED) is 0.545. The highest BCUT2D eigenvalue weighted by atomic mass is 19.1. The third-order valence-corrected chi connectivity index (χ3v) is 5.90. The van der Waals surface area contributed by atoms with E-state index >= 15 is 0 Å². The maximum absolute atomic E-state index is 13.9. The molecule has 0 spiro atoms. The highest BCUT2D eigenvalue weighted by Crippen LogP contribution is 2.21. The lowest BCUT2D eigenvalue weighted by atomic mass is 10.1. The molecular formula is C26H29FN4O. The van der Waals surface area contributed by atoms with Gasteiger partial charge in [-0.1, -0.05) is 54.6 Å². The molecule has 2 N–H and O–H groups in total. The SMILES string of the molecule is O=C(NCCc1ccccc1F)[C@@H]1C[C@H](NCc2cccnc2)CN1Cc1ccccc1. The zero-order valence-electron chi connectivity index (χ0n) is 18.1. The van der Waals surface area contributed by atoms with Crippen LogP contribution in [-0.2, 0) is 24.3 Å². The van der Waals surface area contributed by atoms with Crippen LogP contribution in [0.3, 0.4) is 0 Å². The molecule has 2 atom stereocenters. The summed E-state index contributed by atoms with van der Waals surface area (Å²) in [4.78, 5) is 19.5. The van der Waals surface area contributed by atoms with Crippen molar-refractivity contribution in [2.75, 3.05) is 13.1 Å². The van der Waals surface area contributed by atoms with Crippen LogP contribution in [0.4, 0.5) is 4.39 Å². The Labute approximate surface area is 188 Å². The van der Waals surface area contributed by atoms with E-state index in [1.165, 1.54) is 11.6 Å². The third-order valence-electron chi connectivity index (χ3n) is 5.90. The lowest BCUT2D eigenvalue weighted by Gasteiger charge is -2.23. The number of carbonyl (C=O) groups excluding carboxylic acids is 1. The molecule has 2 aromatic carbocycles. The first-order valence-electron chi connectivity index (χ1n) is 11.1. The predicted octanol–water partition coefficient (Wildman–Crippen LogP) is 3.31. The molecule has 0 unspecified atom stereocenters. The van der Waals surface area contributed by atoms with Crippen LogP contribution in [0.25, 0.3) is 0 Å². The Hall–Kier alpha value is -3.09. The zero-order valence-corrected chi connectivity index (χ0v) is 18.1. The molecule has 5 nitrogen and oxygen atoms in total. The molecule has 0 saturated carbocycles. The van der Waals surface area contributed by atoms with E-state index in [0.29, 0.717) is 18.5 Å². The van der Waals surface area contributed by atoms with Crippen LogP contribution in [0.15, 0.2) is 79.1 Å². The molecule has 4 rings (SSSR count). The normalized spacial score (nSPS) is 18.5. The van der Waals surface area contributed by atoms with Crippen LogP contribution < -0.4 is 10.6 Å². The van der Waals surface area contributed by atoms with Crippen LogP contribution in [0.5, 0.6) is 0 Å². The summed E-state index contributed by atoms with van der Waals surface area (Å²) >= 11 is 0. The number of benzene rings is 2. The topological polar surface area (TPSA) is 57.3 Å². The Morgan fingerprint density at radius 3 is 2.59 bits per heavy atom. The van der Waals surface area contributed by atoms with E-state index in [1.807, 2.05) is 42.6 Å². The number of amides is 1. The van der Waals surface area contributed by atoms with Crippen molar-refractivity contribution in [3.05, 3.63) is 102 Å². The standard InChI is InChI=1S/C26H29FN4O/c27-24-11-5-4-10-22(24)12-14-29-26(32)25-15-23(30-17-21-9-6-13-28-16-21)19-31(25)18-20-7-2-1-3-8-20/h1-11,13,16,23,25,30H,12,14-15,17-19H2,(H,29,32)/t23-,25-/m0/s1. The number of pyridine rings is 1. The van der Waals surface area contributed by atoms with E-state index in [1.54, 1.807) is 18.3 Å². The minimum absolute atomic E-state index is 0.00273. The second kappa shape index (κ2) is 11.0. The van der Waals surface area contributed by atoms with Crippen molar-refractivity contribution < 1.29 is 9.18 Å². The molecule has 6 heteroatoms. The van der Waals surface area contributed by atoms with Gasteiger partial charge in [-0.15, -0.1) is 0 Å². The number of rotatable bonds is 9. The zero-order chi connectivity index (χ0) is 22.2. The first-order valence-corrected chi connectivity index (χ1v) is 11.1. The lowest BCUT2D eigenvalue weighted by molar-refractivity contribution is -0.125. The number of hydrogen-bond acceptors (Lipinski definition) is 4. The van der Waals surface area contributed by atoms with Gasteiger partial charge in [-0.3, -0.25) is 14.7 Å². The van der Waals surface area contributed by atoms with Crippen LogP contribution in [0.2, 0.25) is 0 Å². The Bertz CT molecular complexity index is 999. The number of likely N-dealkylation sites (tertiary alicyclic amines) is 1. The maximum Gasteiger partial charge on any atom is 0.237 e. The highest BCUT2D eigenvalue weighted by Gasteiger charge is 2.36. The highest BCUT2D eigenvalue weighted by molar-refractivity contribution is 5.82. The van der Waals surface area contributed by atoms with Gasteiger partial charge >= 0.3 is 0 Å². The first-order chi connectivity index (χ1) is 15.7. The van der Waals surface area contributed by atoms with Gasteiger partial charge in [-0.25, -0.2) is 4.39 Å². The molecule has 166 valence electrons. The Kier molecular flexibility index (Phi) is 7.59. The summed E-state index contributed by atoms with van der Waals surface area (Å²) in [5.41, 5.74) is 2.93. The molecule has 3 aromatic rings. The molecular weight excluding hydrogens is 403 g/mol. The van der Waals surface area contributed by atoms with Gasteiger partial charge in [0.15, 0.2) is 0 Å². The molecule has 1 amide bonds. The summed E-state index contributed by atoms with van der Waals surface area (Å²) in [7, 11) is 0. The summed E-state index contributed by atoms with van der Waals surface area (Å²) in [6, 6.07) is 20.9. The fourth-order valence-electron chi connectivity index (χ4n) is 4.22. The molecule has 1 fully saturated rings. The number of hydrogen-bond donors (Lipinski definition) is 2. The first kappa shape index (κ1) is 22.1. The molecule has 0 aliphatic carbocycles. The summed E-state index contributed by atoms with van der Waals surface area (Å²) in [5, 5.41) is 6.60. The van der Waals surface area contributed by atoms with Gasteiger partial charge in [-0.05, 0) is 41.7 Å². The number of nitrogens with one attached hydrogen (secondary N) is 2. The van der Waals surface area contributed by atoms with Crippen molar-refractivity contribution in [1.82, 2.24) is 20.5 Å². The second-order valence-electron chi connectivity index (χ2n) is 8.24. The molecule has 1 aliphatic heterocycles. The van der Waals surface area contributed by atoms with Crippen molar-refractivity contribution in [2.45, 2.75) is 38.0 Å². The largest absolute Gasteiger partial charge is 0.354 e. The predicted molar refractivity (Wildman–Crippen MR) is 123 cm³/mol. The number of carbonyl (C=O) groups is 1. The second-order valence-corrected chi connectivity index (χ2v) is 8.24. The number of halogens is 1. The van der Waals surface area contributed by atoms with E-state index in [9.17, 15) is 9.18 Å². The fraction of sp³-hybridized carbons (Fsp3) is 0.308. The molecule has 0 bridgehead atoms. The maximum atomic E-state index is 13.9. The smallest absolute Gasteiger partial charge is 0.237 e. The Balaban J connectivity index is 1.36. The molecule has 32 heavy (non-hydrogen) atoms. The average molecular weight is 433 g/mol. The van der Waals surface area contributed by atoms with E-state index in [-0.39, 0.29) is 23.8 Å². The summed E-state index contributed by atoms with van der Waals surface area (Å²) < 4.78 is 13.9. The van der Waals surface area contributed by atoms with Gasteiger partial charge in [0.05, 0.1) is 6.04 Å². The minimum Gasteiger partial charge on any atom is -0.354 e. The molecule has 2 heterocycles. The van der Waals surface area contributed by atoms with Crippen molar-refractivity contribution in [3.63, 3.8) is 0 Å². The lowest BCUT2D eigenvalue weighted by Crippen LogP contribution is -2.43. The summed E-state index contributed by atoms with van der Waals surface area (Å²) in [6.45, 7) is 2.65. The van der Waals surface area contributed by atoms with Crippen molar-refractivity contribution >= 4 is 5.91 Å².